The summed E-state index contributed by atoms with van der Waals surface area (Å²) in [5.41, 5.74) is 0. The molecular formula is H5NiPdPtSbSn. The van der Waals surface area contributed by atoms with Crippen molar-refractivity contribution in [2.75, 3.05) is 0 Å². The maximum absolute atomic E-state index is 0. The van der Waals surface area contributed by atoms with E-state index in [1.54, 1.807) is 0 Å². The van der Waals surface area contributed by atoms with Crippen molar-refractivity contribution < 1.29 is 58.0 Å². The molecule has 0 heterocycles. The van der Waals surface area contributed by atoms with Gasteiger partial charge >= 0.3 is 48.3 Å². The summed E-state index contributed by atoms with van der Waals surface area (Å²) in [5, 5.41) is 0. The van der Waals surface area contributed by atoms with Crippen molar-refractivity contribution in [2.24, 2.45) is 0 Å². The molecule has 0 aliphatic heterocycles. The summed E-state index contributed by atoms with van der Waals surface area (Å²) in [4.78, 5) is 0. The van der Waals surface area contributed by atoms with E-state index in [0.29, 0.717) is 0 Å². The van der Waals surface area contributed by atoms with Crippen LogP contribution < -0.4 is 0 Å². The molecule has 0 spiro atoms. The molecule has 0 rings (SSSR count). The van der Waals surface area contributed by atoms with E-state index >= 15 is 0 Å². The van der Waals surface area contributed by atoms with E-state index in [4.69, 9.17) is 0 Å². The van der Waals surface area contributed by atoms with Crippen molar-refractivity contribution in [3.63, 3.8) is 0 Å². The third-order valence-electron chi connectivity index (χ3n) is 0. The Morgan fingerprint density at radius 3 is 1.00 bits per heavy atom. The Balaban J connectivity index is 0. The molecule has 5 heavy (non-hydrogen) atoms. The number of hydrogen-bond donors (Lipinski definition) is 0. The fourth-order valence-electron chi connectivity index (χ4n) is 0. The van der Waals surface area contributed by atoms with Gasteiger partial charge in [0.15, 0.2) is 0 Å². The van der Waals surface area contributed by atoms with Crippen LogP contribution in [0.3, 0.4) is 0 Å². The van der Waals surface area contributed by atoms with E-state index in [1.165, 1.54) is 0 Å². The van der Waals surface area contributed by atoms with Crippen LogP contribution in [0.1, 0.15) is 0 Å². The van der Waals surface area contributed by atoms with Gasteiger partial charge in [-0.05, 0) is 0 Å². The molecular weight excluding hydrogens is 601 g/mol. The van der Waals surface area contributed by atoms with E-state index in [1.807, 2.05) is 0 Å². The second-order valence-electron chi connectivity index (χ2n) is 0. The van der Waals surface area contributed by atoms with Gasteiger partial charge in [-0.15, -0.1) is 0 Å². The van der Waals surface area contributed by atoms with E-state index in [9.17, 15) is 0 Å². The molecule has 0 aromatic rings. The molecule has 44 valence electrons. The van der Waals surface area contributed by atoms with Gasteiger partial charge in [0.25, 0.3) is 0 Å². The summed E-state index contributed by atoms with van der Waals surface area (Å²) >= 11 is 0. The molecule has 0 aliphatic carbocycles. The van der Waals surface area contributed by atoms with Crippen LogP contribution in [0, 0.1) is 0 Å². The Bertz CT molecular complexity index is 11.6. The van der Waals surface area contributed by atoms with Gasteiger partial charge in [-0.3, -0.25) is 0 Å². The first-order valence-corrected chi connectivity index (χ1v) is 0. The van der Waals surface area contributed by atoms with Gasteiger partial charge in [0, 0.05) is 58.0 Å². The minimum absolute atomic E-state index is 0. The fourth-order valence-corrected chi connectivity index (χ4v) is 0. The van der Waals surface area contributed by atoms with Crippen LogP contribution in [0.2, 0.25) is 0 Å². The Morgan fingerprint density at radius 2 is 1.00 bits per heavy atom. The van der Waals surface area contributed by atoms with Crippen LogP contribution in [0.15, 0.2) is 0 Å². The summed E-state index contributed by atoms with van der Waals surface area (Å²) in [6.07, 6.45) is 0. The van der Waals surface area contributed by atoms with Gasteiger partial charge in [-0.25, -0.2) is 0 Å². The zero-order chi connectivity index (χ0) is 0. The standard InChI is InChI=1S/Ni.Pd.Pt.Sb.Sn.5H. The third kappa shape index (κ3) is 18.6. The predicted molar refractivity (Wildman–Crippen MR) is 18.5 cm³/mol. The van der Waals surface area contributed by atoms with Gasteiger partial charge in [-0.2, -0.15) is 0 Å². The Hall–Kier alpha value is 3.46. The van der Waals surface area contributed by atoms with Crippen molar-refractivity contribution in [2.45, 2.75) is 0 Å². The van der Waals surface area contributed by atoms with E-state index in [0.717, 1.165) is 0 Å². The molecule has 0 saturated carbocycles. The van der Waals surface area contributed by atoms with Gasteiger partial charge in [-0.1, -0.05) is 0 Å². The Morgan fingerprint density at radius 1 is 1.00 bits per heavy atom. The average molecular weight is 606 g/mol. The molecule has 5 heteroatoms. The molecule has 0 aliphatic rings. The predicted octanol–water partition coefficient (Wildman–Crippen LogP) is -2.11. The van der Waals surface area contributed by atoms with Crippen LogP contribution in [-0.2, 0) is 58.0 Å². The quantitative estimate of drug-likeness (QED) is 0.278. The Labute approximate surface area is 104 Å². The summed E-state index contributed by atoms with van der Waals surface area (Å²) in [6, 6.07) is 0. The second kappa shape index (κ2) is 26.0. The first kappa shape index (κ1) is 39.3. The second-order valence-corrected chi connectivity index (χ2v) is 0. The van der Waals surface area contributed by atoms with Crippen molar-refractivity contribution in [3.8, 4) is 0 Å². The van der Waals surface area contributed by atoms with Crippen LogP contribution in [0.5, 0.6) is 0 Å². The van der Waals surface area contributed by atoms with E-state index < -0.39 is 0 Å². The van der Waals surface area contributed by atoms with Crippen molar-refractivity contribution >= 4 is 48.3 Å². The molecule has 0 nitrogen and oxygen atoms in total. The van der Waals surface area contributed by atoms with Crippen LogP contribution in [-0.4, -0.2) is 48.3 Å². The first-order valence-electron chi connectivity index (χ1n) is 0. The van der Waals surface area contributed by atoms with Crippen LogP contribution in [0.25, 0.3) is 0 Å². The molecule has 0 saturated heterocycles. The van der Waals surface area contributed by atoms with Gasteiger partial charge in [0.05, 0.1) is 0 Å². The monoisotopic (exact) mass is 605 g/mol. The van der Waals surface area contributed by atoms with E-state index in [-0.39, 0.29) is 106 Å². The SMILES string of the molecule is [Ni].[Pd].[Pt].[SbH3].[SnH2]. The summed E-state index contributed by atoms with van der Waals surface area (Å²) in [7, 11) is 0. The van der Waals surface area contributed by atoms with E-state index in [2.05, 4.69) is 0 Å². The van der Waals surface area contributed by atoms with Gasteiger partial charge in [0.2, 0.25) is 0 Å². The van der Waals surface area contributed by atoms with Crippen LogP contribution >= 0.6 is 0 Å². The maximum atomic E-state index is 0. The first-order chi connectivity index (χ1) is 0. The van der Waals surface area contributed by atoms with Crippen LogP contribution in [0.4, 0.5) is 0 Å². The molecule has 2 radical (unpaired) electrons. The molecule has 0 atom stereocenters. The molecule has 0 aromatic heterocycles. The van der Waals surface area contributed by atoms with Crippen molar-refractivity contribution in [1.29, 1.82) is 0 Å². The number of hydrogen-bond acceptors (Lipinski definition) is 0. The van der Waals surface area contributed by atoms with Gasteiger partial charge < -0.3 is 0 Å². The molecule has 0 N–H and O–H groups in total. The summed E-state index contributed by atoms with van der Waals surface area (Å²) < 4.78 is 0. The van der Waals surface area contributed by atoms with Gasteiger partial charge in [0.1, 0.15) is 0 Å². The zero-order valence-electron chi connectivity index (χ0n) is 2.36. The molecule has 0 aromatic carbocycles. The average Bonchev–Trinajstić information content (AvgIpc) is 0. The minimum atomic E-state index is 0. The zero-order valence-corrected chi connectivity index (χ0v) is 15.2. The molecule has 0 amide bonds. The van der Waals surface area contributed by atoms with Crippen molar-refractivity contribution in [1.82, 2.24) is 0 Å². The summed E-state index contributed by atoms with van der Waals surface area (Å²) in [5.74, 6) is 0. The summed E-state index contributed by atoms with van der Waals surface area (Å²) in [6.45, 7) is 0. The third-order valence-corrected chi connectivity index (χ3v) is 0. The molecule has 0 unspecified atom stereocenters. The normalized spacial score (nSPS) is 0. The molecule has 0 bridgehead atoms. The van der Waals surface area contributed by atoms with Crippen molar-refractivity contribution in [3.05, 3.63) is 0 Å². The number of rotatable bonds is 0. The fraction of sp³-hybridized carbons (Fsp3) is 0. The molecule has 0 fully saturated rings. The topological polar surface area (TPSA) is 0 Å². The Kier molecular flexibility index (Phi) is 204.